The average Bonchev–Trinajstić information content (AvgIpc) is 2.24. The lowest BCUT2D eigenvalue weighted by Gasteiger charge is -2.10. The lowest BCUT2D eigenvalue weighted by Crippen LogP contribution is -2.12. The highest BCUT2D eigenvalue weighted by Gasteiger charge is 2.16. The minimum absolute atomic E-state index is 0.148. The van der Waals surface area contributed by atoms with E-state index in [9.17, 15) is 13.6 Å². The van der Waals surface area contributed by atoms with E-state index >= 15 is 0 Å². The number of alkyl halides is 2. The number of pyridine rings is 1. The van der Waals surface area contributed by atoms with Crippen LogP contribution in [0.1, 0.15) is 30.3 Å². The third-order valence-corrected chi connectivity index (χ3v) is 2.27. The average molecular weight is 244 g/mol. The Kier molecular flexibility index (Phi) is 4.37. The van der Waals surface area contributed by atoms with Crippen molar-refractivity contribution >= 4 is 11.7 Å². The van der Waals surface area contributed by atoms with Crippen LogP contribution in [0.25, 0.3) is 0 Å². The van der Waals surface area contributed by atoms with Gasteiger partial charge >= 0.3 is 5.97 Å². The Balaban J connectivity index is 3.01. The summed E-state index contributed by atoms with van der Waals surface area (Å²) in [4.78, 5) is 15.0. The van der Waals surface area contributed by atoms with Gasteiger partial charge in [0.15, 0.2) is 0 Å². The van der Waals surface area contributed by atoms with E-state index in [1.807, 2.05) is 0 Å². The predicted octanol–water partition coefficient (Wildman–Crippen LogP) is 2.02. The normalized spacial score (nSPS) is 10.6. The first-order valence-corrected chi connectivity index (χ1v) is 5.15. The van der Waals surface area contributed by atoms with Gasteiger partial charge in [0.2, 0.25) is 0 Å². The first-order chi connectivity index (χ1) is 7.95. The molecule has 0 aliphatic rings. The van der Waals surface area contributed by atoms with E-state index in [1.54, 1.807) is 13.8 Å². The van der Waals surface area contributed by atoms with Crippen LogP contribution in [0.2, 0.25) is 0 Å². The zero-order chi connectivity index (χ0) is 13.0. The number of esters is 1. The molecule has 0 spiro atoms. The van der Waals surface area contributed by atoms with Crippen LogP contribution in [-0.2, 0) is 16.0 Å². The van der Waals surface area contributed by atoms with E-state index in [-0.39, 0.29) is 24.4 Å². The third kappa shape index (κ3) is 3.37. The number of nitrogen functional groups attached to an aromatic ring is 1. The van der Waals surface area contributed by atoms with E-state index in [1.165, 1.54) is 0 Å². The third-order valence-electron chi connectivity index (χ3n) is 2.27. The largest absolute Gasteiger partial charge is 0.466 e. The first kappa shape index (κ1) is 13.3. The van der Waals surface area contributed by atoms with Crippen molar-refractivity contribution < 1.29 is 18.3 Å². The zero-order valence-electron chi connectivity index (χ0n) is 9.67. The monoisotopic (exact) mass is 244 g/mol. The molecule has 0 radical (unpaired) electrons. The van der Waals surface area contributed by atoms with Gasteiger partial charge in [0.25, 0.3) is 6.43 Å². The molecule has 17 heavy (non-hydrogen) atoms. The van der Waals surface area contributed by atoms with Crippen molar-refractivity contribution in [3.8, 4) is 0 Å². The lowest BCUT2D eigenvalue weighted by molar-refractivity contribution is -0.142. The van der Waals surface area contributed by atoms with Crippen LogP contribution in [0.15, 0.2) is 6.07 Å². The number of aromatic nitrogens is 1. The molecule has 0 aromatic carbocycles. The SMILES string of the molecule is CCOC(=O)Cc1nc(C(F)F)cc(N)c1C. The number of ether oxygens (including phenoxy) is 1. The molecule has 1 aromatic rings. The second-order valence-corrected chi connectivity index (χ2v) is 3.49. The zero-order valence-corrected chi connectivity index (χ0v) is 9.67. The van der Waals surface area contributed by atoms with Gasteiger partial charge in [-0.1, -0.05) is 0 Å². The number of hydrogen-bond acceptors (Lipinski definition) is 4. The Morgan fingerprint density at radius 2 is 2.24 bits per heavy atom. The second-order valence-electron chi connectivity index (χ2n) is 3.49. The van der Waals surface area contributed by atoms with Crippen molar-refractivity contribution in [2.24, 2.45) is 0 Å². The predicted molar refractivity (Wildman–Crippen MR) is 58.7 cm³/mol. The maximum atomic E-state index is 12.5. The van der Waals surface area contributed by atoms with Crippen molar-refractivity contribution in [3.63, 3.8) is 0 Å². The standard InChI is InChI=1S/C11H14F2N2O2/c1-3-17-10(16)5-8-6(2)7(14)4-9(15-8)11(12)13/h4,11H,3,5H2,1-2H3,(H2,14,15). The number of anilines is 1. The molecule has 1 aromatic heterocycles. The molecule has 0 aliphatic heterocycles. The minimum atomic E-state index is -2.71. The Hall–Kier alpha value is -1.72. The number of hydrogen-bond donors (Lipinski definition) is 1. The van der Waals surface area contributed by atoms with Crippen LogP contribution in [0.5, 0.6) is 0 Å². The molecule has 0 bridgehead atoms. The number of nitrogens with two attached hydrogens (primary N) is 1. The number of nitrogens with zero attached hydrogens (tertiary/aromatic N) is 1. The van der Waals surface area contributed by atoms with Gasteiger partial charge in [0, 0.05) is 5.69 Å². The van der Waals surface area contributed by atoms with Crippen molar-refractivity contribution in [3.05, 3.63) is 23.0 Å². The highest BCUT2D eigenvalue weighted by molar-refractivity contribution is 5.73. The summed E-state index contributed by atoms with van der Waals surface area (Å²) >= 11 is 0. The van der Waals surface area contributed by atoms with Crippen molar-refractivity contribution in [1.29, 1.82) is 0 Å². The van der Waals surface area contributed by atoms with Gasteiger partial charge in [-0.15, -0.1) is 0 Å². The summed E-state index contributed by atoms with van der Waals surface area (Å²) in [6.45, 7) is 3.54. The highest BCUT2D eigenvalue weighted by atomic mass is 19.3. The Bertz CT molecular complexity index is 422. The summed E-state index contributed by atoms with van der Waals surface area (Å²) in [6, 6.07) is 1.12. The van der Waals surface area contributed by atoms with Gasteiger partial charge in [-0.2, -0.15) is 0 Å². The molecule has 0 fully saturated rings. The maximum Gasteiger partial charge on any atom is 0.311 e. The minimum Gasteiger partial charge on any atom is -0.466 e. The first-order valence-electron chi connectivity index (χ1n) is 5.15. The number of rotatable bonds is 4. The van der Waals surface area contributed by atoms with Gasteiger partial charge in [-0.25, -0.2) is 8.78 Å². The van der Waals surface area contributed by atoms with Crippen LogP contribution >= 0.6 is 0 Å². The molecule has 0 amide bonds. The van der Waals surface area contributed by atoms with E-state index < -0.39 is 18.1 Å². The molecule has 0 saturated carbocycles. The van der Waals surface area contributed by atoms with Gasteiger partial charge in [0.05, 0.1) is 18.7 Å². The highest BCUT2D eigenvalue weighted by Crippen LogP contribution is 2.23. The summed E-state index contributed by atoms with van der Waals surface area (Å²) in [6.07, 6.45) is -2.86. The maximum absolute atomic E-state index is 12.5. The van der Waals surface area contributed by atoms with Crippen LogP contribution in [0.4, 0.5) is 14.5 Å². The summed E-state index contributed by atoms with van der Waals surface area (Å²) in [5, 5.41) is 0. The molecular formula is C11H14F2N2O2. The topological polar surface area (TPSA) is 65.2 Å². The summed E-state index contributed by atoms with van der Waals surface area (Å²) in [5.41, 5.74) is 6.13. The van der Waals surface area contributed by atoms with Crippen molar-refractivity contribution in [2.75, 3.05) is 12.3 Å². The molecule has 94 valence electrons. The van der Waals surface area contributed by atoms with Gasteiger partial charge in [-0.3, -0.25) is 9.78 Å². The van der Waals surface area contributed by atoms with Crippen molar-refractivity contribution in [2.45, 2.75) is 26.7 Å². The molecular weight excluding hydrogens is 230 g/mol. The Morgan fingerprint density at radius 3 is 2.76 bits per heavy atom. The molecule has 4 nitrogen and oxygen atoms in total. The summed E-state index contributed by atoms with van der Waals surface area (Å²) < 4.78 is 29.8. The van der Waals surface area contributed by atoms with E-state index in [0.717, 1.165) is 6.07 Å². The Morgan fingerprint density at radius 1 is 1.59 bits per heavy atom. The smallest absolute Gasteiger partial charge is 0.311 e. The van der Waals surface area contributed by atoms with Gasteiger partial charge in [-0.05, 0) is 25.5 Å². The molecule has 1 heterocycles. The molecule has 6 heteroatoms. The van der Waals surface area contributed by atoms with Gasteiger partial charge in [0.1, 0.15) is 5.69 Å². The molecule has 2 N–H and O–H groups in total. The van der Waals surface area contributed by atoms with Gasteiger partial charge < -0.3 is 10.5 Å². The van der Waals surface area contributed by atoms with Crippen LogP contribution in [-0.4, -0.2) is 17.6 Å². The fraction of sp³-hybridized carbons (Fsp3) is 0.455. The van der Waals surface area contributed by atoms with E-state index in [0.29, 0.717) is 5.56 Å². The number of carbonyl (C=O) groups excluding carboxylic acids is 1. The number of carbonyl (C=O) groups is 1. The van der Waals surface area contributed by atoms with Crippen molar-refractivity contribution in [1.82, 2.24) is 4.98 Å². The van der Waals surface area contributed by atoms with E-state index in [4.69, 9.17) is 10.5 Å². The summed E-state index contributed by atoms with van der Waals surface area (Å²) in [5.74, 6) is -0.506. The Labute approximate surface area is 97.8 Å². The summed E-state index contributed by atoms with van der Waals surface area (Å²) in [7, 11) is 0. The lowest BCUT2D eigenvalue weighted by atomic mass is 10.1. The van der Waals surface area contributed by atoms with Crippen LogP contribution in [0.3, 0.4) is 0 Å². The fourth-order valence-corrected chi connectivity index (χ4v) is 1.34. The quantitative estimate of drug-likeness (QED) is 0.823. The van der Waals surface area contributed by atoms with E-state index in [2.05, 4.69) is 4.98 Å². The second kappa shape index (κ2) is 5.56. The molecule has 1 rings (SSSR count). The molecule has 0 atom stereocenters. The fourth-order valence-electron chi connectivity index (χ4n) is 1.34. The molecule has 0 unspecified atom stereocenters. The molecule has 0 saturated heterocycles. The van der Waals surface area contributed by atoms with Crippen LogP contribution < -0.4 is 5.73 Å². The number of halogens is 2. The molecule has 0 aliphatic carbocycles. The van der Waals surface area contributed by atoms with Crippen LogP contribution in [0, 0.1) is 6.92 Å².